The number of carbonyl (C=O) groups is 2. The molecule has 0 saturated heterocycles. The van der Waals surface area contributed by atoms with Crippen molar-refractivity contribution in [1.82, 2.24) is 14.8 Å². The second-order valence-electron chi connectivity index (χ2n) is 8.37. The highest BCUT2D eigenvalue weighted by Gasteiger charge is 2.42. The van der Waals surface area contributed by atoms with E-state index >= 15 is 0 Å². The molecule has 2 atom stereocenters. The second-order valence-corrected chi connectivity index (χ2v) is 8.37. The predicted molar refractivity (Wildman–Crippen MR) is 119 cm³/mol. The van der Waals surface area contributed by atoms with Crippen LogP contribution in [0.2, 0.25) is 0 Å². The molecular formula is C24H26N4O3. The van der Waals surface area contributed by atoms with Crippen LogP contribution in [0.3, 0.4) is 0 Å². The van der Waals surface area contributed by atoms with Gasteiger partial charge < -0.3 is 24.8 Å². The van der Waals surface area contributed by atoms with Crippen molar-refractivity contribution in [2.24, 2.45) is 0 Å². The van der Waals surface area contributed by atoms with E-state index in [2.05, 4.69) is 16.3 Å². The highest BCUT2D eigenvalue weighted by Crippen LogP contribution is 2.44. The predicted octanol–water partition coefficient (Wildman–Crippen LogP) is 2.29. The topological polar surface area (TPSA) is 77.8 Å². The van der Waals surface area contributed by atoms with Gasteiger partial charge >= 0.3 is 0 Å². The van der Waals surface area contributed by atoms with Gasteiger partial charge in [-0.15, -0.1) is 0 Å². The molecule has 5 rings (SSSR count). The SMILES string of the molecule is CC(CO)NC(=O)Cn1c2c(c3ccccc31)CCN1C(=O)c3ccccc3N(C)C21. The van der Waals surface area contributed by atoms with E-state index < -0.39 is 0 Å². The van der Waals surface area contributed by atoms with Crippen molar-refractivity contribution in [3.63, 3.8) is 0 Å². The molecule has 0 aliphatic carbocycles. The maximum Gasteiger partial charge on any atom is 0.257 e. The number of para-hydroxylation sites is 2. The van der Waals surface area contributed by atoms with Gasteiger partial charge in [0.1, 0.15) is 12.7 Å². The van der Waals surface area contributed by atoms with Gasteiger partial charge in [0.2, 0.25) is 5.91 Å². The molecule has 7 nitrogen and oxygen atoms in total. The molecule has 2 aliphatic heterocycles. The third kappa shape index (κ3) is 2.99. The monoisotopic (exact) mass is 418 g/mol. The first-order chi connectivity index (χ1) is 15.0. The summed E-state index contributed by atoms with van der Waals surface area (Å²) in [5, 5.41) is 13.3. The molecule has 2 aromatic carbocycles. The van der Waals surface area contributed by atoms with Crippen LogP contribution >= 0.6 is 0 Å². The molecule has 31 heavy (non-hydrogen) atoms. The van der Waals surface area contributed by atoms with E-state index in [0.717, 1.165) is 28.7 Å². The van der Waals surface area contributed by atoms with Crippen LogP contribution in [0.25, 0.3) is 10.9 Å². The molecule has 2 aliphatic rings. The minimum absolute atomic E-state index is 0.0273. The van der Waals surface area contributed by atoms with Crippen molar-refractivity contribution in [3.8, 4) is 0 Å². The summed E-state index contributed by atoms with van der Waals surface area (Å²) >= 11 is 0. The first-order valence-corrected chi connectivity index (χ1v) is 10.6. The average molecular weight is 418 g/mol. The van der Waals surface area contributed by atoms with E-state index in [1.54, 1.807) is 6.92 Å². The summed E-state index contributed by atoms with van der Waals surface area (Å²) < 4.78 is 2.04. The number of rotatable bonds is 4. The normalized spacial score (nSPS) is 18.4. The van der Waals surface area contributed by atoms with Crippen molar-refractivity contribution < 1.29 is 14.7 Å². The number of aliphatic hydroxyl groups excluding tert-OH is 1. The number of carbonyl (C=O) groups excluding carboxylic acids is 2. The lowest BCUT2D eigenvalue weighted by atomic mass is 9.96. The molecule has 0 fully saturated rings. The summed E-state index contributed by atoms with van der Waals surface area (Å²) in [6.07, 6.45) is 0.470. The number of amides is 2. The third-order valence-electron chi connectivity index (χ3n) is 6.39. The molecule has 3 heterocycles. The van der Waals surface area contributed by atoms with Crippen molar-refractivity contribution in [2.75, 3.05) is 25.1 Å². The summed E-state index contributed by atoms with van der Waals surface area (Å²) in [7, 11) is 2.01. The van der Waals surface area contributed by atoms with Crippen LogP contribution in [0, 0.1) is 0 Å². The Hall–Kier alpha value is -3.32. The number of hydrogen-bond acceptors (Lipinski definition) is 4. The van der Waals surface area contributed by atoms with Crippen molar-refractivity contribution >= 4 is 28.4 Å². The number of nitrogens with zero attached hydrogens (tertiary/aromatic N) is 3. The van der Waals surface area contributed by atoms with Gasteiger partial charge in [-0.1, -0.05) is 30.3 Å². The number of nitrogens with one attached hydrogen (secondary N) is 1. The summed E-state index contributed by atoms with van der Waals surface area (Å²) in [5.74, 6) is -0.132. The van der Waals surface area contributed by atoms with Crippen molar-refractivity contribution in [2.45, 2.75) is 32.1 Å². The quantitative estimate of drug-likeness (QED) is 0.682. The molecule has 0 spiro atoms. The Morgan fingerprint density at radius 1 is 1.19 bits per heavy atom. The van der Waals surface area contributed by atoms with E-state index in [1.807, 2.05) is 59.0 Å². The van der Waals surface area contributed by atoms with E-state index in [0.29, 0.717) is 12.1 Å². The molecule has 1 aromatic heterocycles. The first kappa shape index (κ1) is 19.6. The molecule has 7 heteroatoms. The molecule has 0 bridgehead atoms. The molecule has 2 N–H and O–H groups in total. The number of fused-ring (bicyclic) bond motifs is 6. The van der Waals surface area contributed by atoms with Crippen molar-refractivity contribution in [3.05, 3.63) is 65.4 Å². The highest BCUT2D eigenvalue weighted by atomic mass is 16.3. The number of aliphatic hydroxyl groups is 1. The van der Waals surface area contributed by atoms with E-state index in [-0.39, 0.29) is 37.2 Å². The molecule has 0 saturated carbocycles. The Morgan fingerprint density at radius 2 is 1.94 bits per heavy atom. The van der Waals surface area contributed by atoms with Crippen molar-refractivity contribution in [1.29, 1.82) is 0 Å². The Labute approximate surface area is 180 Å². The summed E-state index contributed by atoms with van der Waals surface area (Å²) in [5.41, 5.74) is 4.78. The van der Waals surface area contributed by atoms with Gasteiger partial charge in [-0.25, -0.2) is 0 Å². The maximum absolute atomic E-state index is 13.3. The average Bonchev–Trinajstić information content (AvgIpc) is 3.10. The molecule has 3 aromatic rings. The Balaban J connectivity index is 1.66. The zero-order valence-corrected chi connectivity index (χ0v) is 17.7. The highest BCUT2D eigenvalue weighted by molar-refractivity contribution is 6.02. The van der Waals surface area contributed by atoms with Crippen LogP contribution in [0.15, 0.2) is 48.5 Å². The summed E-state index contributed by atoms with van der Waals surface area (Å²) in [4.78, 5) is 30.1. The van der Waals surface area contributed by atoms with E-state index in [1.165, 1.54) is 5.56 Å². The second kappa shape index (κ2) is 7.42. The minimum atomic E-state index is -0.313. The Kier molecular flexibility index (Phi) is 4.70. The molecule has 2 unspecified atom stereocenters. The van der Waals surface area contributed by atoms with E-state index in [9.17, 15) is 14.7 Å². The van der Waals surface area contributed by atoms with Gasteiger partial charge in [0.25, 0.3) is 5.91 Å². The smallest absolute Gasteiger partial charge is 0.257 e. The van der Waals surface area contributed by atoms with Crippen LogP contribution in [0.1, 0.15) is 34.7 Å². The molecule has 2 amide bonds. The third-order valence-corrected chi connectivity index (χ3v) is 6.39. The van der Waals surface area contributed by atoms with Gasteiger partial charge in [0, 0.05) is 30.5 Å². The van der Waals surface area contributed by atoms with Gasteiger partial charge in [0.05, 0.1) is 23.6 Å². The fourth-order valence-corrected chi connectivity index (χ4v) is 4.99. The van der Waals surface area contributed by atoms with Gasteiger partial charge in [-0.3, -0.25) is 9.59 Å². The lowest BCUT2D eigenvalue weighted by Gasteiger charge is -2.46. The van der Waals surface area contributed by atoms with Crippen LogP contribution in [-0.4, -0.2) is 52.6 Å². The van der Waals surface area contributed by atoms with Crippen LogP contribution in [-0.2, 0) is 17.8 Å². The fourth-order valence-electron chi connectivity index (χ4n) is 4.99. The molecular weight excluding hydrogens is 392 g/mol. The number of hydrogen-bond donors (Lipinski definition) is 2. The summed E-state index contributed by atoms with van der Waals surface area (Å²) in [6, 6.07) is 15.5. The lowest BCUT2D eigenvalue weighted by Crippen LogP contribution is -2.51. The van der Waals surface area contributed by atoms with Crippen LogP contribution < -0.4 is 10.2 Å². The summed E-state index contributed by atoms with van der Waals surface area (Å²) in [6.45, 7) is 2.43. The fraction of sp³-hybridized carbons (Fsp3) is 0.333. The zero-order chi connectivity index (χ0) is 21.7. The van der Waals surface area contributed by atoms with Crippen LogP contribution in [0.4, 0.5) is 5.69 Å². The Morgan fingerprint density at radius 3 is 2.74 bits per heavy atom. The lowest BCUT2D eigenvalue weighted by molar-refractivity contribution is -0.122. The maximum atomic E-state index is 13.3. The number of benzene rings is 2. The Bertz CT molecular complexity index is 1180. The largest absolute Gasteiger partial charge is 0.394 e. The standard InChI is InChI=1S/C24H26N4O3/c1-15(14-29)25-21(30)13-28-20-10-6-3-7-16(20)17-11-12-27-23(22(17)28)26(2)19-9-5-4-8-18(19)24(27)31/h3-10,15,23,29H,11-14H2,1-2H3,(H,25,30). The van der Waals surface area contributed by atoms with Crippen LogP contribution in [0.5, 0.6) is 0 Å². The number of aromatic nitrogens is 1. The molecule has 0 radical (unpaired) electrons. The van der Waals surface area contributed by atoms with Gasteiger partial charge in [-0.05, 0) is 37.1 Å². The number of anilines is 1. The zero-order valence-electron chi connectivity index (χ0n) is 17.7. The van der Waals surface area contributed by atoms with Gasteiger partial charge in [0.15, 0.2) is 0 Å². The van der Waals surface area contributed by atoms with E-state index in [4.69, 9.17) is 0 Å². The first-order valence-electron chi connectivity index (χ1n) is 10.6. The van der Waals surface area contributed by atoms with Gasteiger partial charge in [-0.2, -0.15) is 0 Å². The molecule has 160 valence electrons. The minimum Gasteiger partial charge on any atom is -0.394 e.